The Morgan fingerprint density at radius 3 is 2.68 bits per heavy atom. The van der Waals surface area contributed by atoms with Crippen LogP contribution in [0.25, 0.3) is 5.69 Å². The van der Waals surface area contributed by atoms with Gasteiger partial charge >= 0.3 is 0 Å². The number of alkyl halides is 1. The maximum atomic E-state index is 6.16. The van der Waals surface area contributed by atoms with E-state index in [1.54, 1.807) is 11.3 Å². The van der Waals surface area contributed by atoms with Crippen LogP contribution in [0.15, 0.2) is 54.2 Å². The summed E-state index contributed by atoms with van der Waals surface area (Å²) in [6.07, 6.45) is 3.88. The SMILES string of the molecule is Clc1ccsc1C(Br)c1cnn(-c2ccccc2)c1. The van der Waals surface area contributed by atoms with Crippen molar-refractivity contribution in [1.29, 1.82) is 0 Å². The van der Waals surface area contributed by atoms with Crippen molar-refractivity contribution in [2.24, 2.45) is 0 Å². The molecule has 3 aromatic rings. The summed E-state index contributed by atoms with van der Waals surface area (Å²) in [5.74, 6) is 0. The summed E-state index contributed by atoms with van der Waals surface area (Å²) in [7, 11) is 0. The number of hydrogen-bond acceptors (Lipinski definition) is 2. The average molecular weight is 354 g/mol. The zero-order valence-corrected chi connectivity index (χ0v) is 13.0. The summed E-state index contributed by atoms with van der Waals surface area (Å²) in [5, 5.41) is 7.18. The van der Waals surface area contributed by atoms with Crippen LogP contribution in [-0.4, -0.2) is 9.78 Å². The fraction of sp³-hybridized carbons (Fsp3) is 0.0714. The quantitative estimate of drug-likeness (QED) is 0.601. The van der Waals surface area contributed by atoms with Crippen LogP contribution in [0.5, 0.6) is 0 Å². The molecule has 0 amide bonds. The lowest BCUT2D eigenvalue weighted by molar-refractivity contribution is 0.880. The Kier molecular flexibility index (Phi) is 3.73. The van der Waals surface area contributed by atoms with Crippen molar-refractivity contribution >= 4 is 38.9 Å². The summed E-state index contributed by atoms with van der Waals surface area (Å²) < 4.78 is 1.87. The van der Waals surface area contributed by atoms with Crippen LogP contribution in [0.4, 0.5) is 0 Å². The number of hydrogen-bond donors (Lipinski definition) is 0. The molecule has 0 bridgehead atoms. The van der Waals surface area contributed by atoms with Crippen LogP contribution in [0, 0.1) is 0 Å². The monoisotopic (exact) mass is 352 g/mol. The molecule has 19 heavy (non-hydrogen) atoms. The lowest BCUT2D eigenvalue weighted by Crippen LogP contribution is -1.93. The molecule has 0 N–H and O–H groups in total. The van der Waals surface area contributed by atoms with Crippen molar-refractivity contribution in [2.45, 2.75) is 4.83 Å². The molecular formula is C14H10BrClN2S. The summed E-state index contributed by atoms with van der Waals surface area (Å²) in [5.41, 5.74) is 2.14. The number of halogens is 2. The van der Waals surface area contributed by atoms with Crippen molar-refractivity contribution in [1.82, 2.24) is 9.78 Å². The zero-order chi connectivity index (χ0) is 13.2. The summed E-state index contributed by atoms with van der Waals surface area (Å²) >= 11 is 11.5. The van der Waals surface area contributed by atoms with E-state index in [9.17, 15) is 0 Å². The molecule has 0 spiro atoms. The predicted molar refractivity (Wildman–Crippen MR) is 83.7 cm³/mol. The topological polar surface area (TPSA) is 17.8 Å². The molecular weight excluding hydrogens is 344 g/mol. The first kappa shape index (κ1) is 12.9. The molecule has 96 valence electrons. The second-order valence-corrected chi connectivity index (χ2v) is 6.32. The number of benzene rings is 1. The molecule has 3 rings (SSSR count). The highest BCUT2D eigenvalue weighted by molar-refractivity contribution is 9.09. The molecule has 0 saturated carbocycles. The molecule has 1 unspecified atom stereocenters. The first-order valence-corrected chi connectivity index (χ1v) is 7.90. The van der Waals surface area contributed by atoms with Gasteiger partial charge in [0.05, 0.1) is 21.7 Å². The molecule has 0 aliphatic carbocycles. The Bertz CT molecular complexity index is 678. The minimum Gasteiger partial charge on any atom is -0.241 e. The van der Waals surface area contributed by atoms with Crippen molar-refractivity contribution in [3.8, 4) is 5.69 Å². The fourth-order valence-electron chi connectivity index (χ4n) is 1.83. The normalized spacial score (nSPS) is 12.5. The Balaban J connectivity index is 1.92. The van der Waals surface area contributed by atoms with Gasteiger partial charge in [-0.15, -0.1) is 11.3 Å². The van der Waals surface area contributed by atoms with Gasteiger partial charge in [0.1, 0.15) is 0 Å². The van der Waals surface area contributed by atoms with Gasteiger partial charge < -0.3 is 0 Å². The van der Waals surface area contributed by atoms with Crippen molar-refractivity contribution in [3.05, 3.63) is 69.6 Å². The van der Waals surface area contributed by atoms with Gasteiger partial charge in [-0.3, -0.25) is 0 Å². The van der Waals surface area contributed by atoms with E-state index in [4.69, 9.17) is 11.6 Å². The van der Waals surface area contributed by atoms with Gasteiger partial charge in [-0.1, -0.05) is 45.7 Å². The Labute approximate surface area is 128 Å². The third-order valence-electron chi connectivity index (χ3n) is 2.79. The number of rotatable bonds is 3. The van der Waals surface area contributed by atoms with E-state index in [1.165, 1.54) is 0 Å². The molecule has 1 atom stereocenters. The zero-order valence-electron chi connectivity index (χ0n) is 9.83. The predicted octanol–water partition coefficient (Wildman–Crippen LogP) is 5.07. The van der Waals surface area contributed by atoms with Crippen molar-refractivity contribution in [3.63, 3.8) is 0 Å². The van der Waals surface area contributed by atoms with Crippen LogP contribution in [0.1, 0.15) is 15.3 Å². The molecule has 5 heteroatoms. The van der Waals surface area contributed by atoms with Gasteiger partial charge in [0.25, 0.3) is 0 Å². The molecule has 0 aliphatic heterocycles. The highest BCUT2D eigenvalue weighted by Gasteiger charge is 2.17. The van der Waals surface area contributed by atoms with E-state index in [1.807, 2.05) is 58.9 Å². The van der Waals surface area contributed by atoms with Crippen LogP contribution >= 0.6 is 38.9 Å². The third-order valence-corrected chi connectivity index (χ3v) is 5.50. The Hall–Kier alpha value is -1.10. The van der Waals surface area contributed by atoms with E-state index in [2.05, 4.69) is 21.0 Å². The largest absolute Gasteiger partial charge is 0.241 e. The highest BCUT2D eigenvalue weighted by atomic mass is 79.9. The first-order valence-electron chi connectivity index (χ1n) is 5.72. The fourth-order valence-corrected chi connectivity index (χ4v) is 3.93. The van der Waals surface area contributed by atoms with Gasteiger partial charge in [-0.25, -0.2) is 4.68 Å². The molecule has 1 aromatic carbocycles. The van der Waals surface area contributed by atoms with Crippen molar-refractivity contribution < 1.29 is 0 Å². The molecule has 2 heterocycles. The van der Waals surface area contributed by atoms with Gasteiger partial charge in [0.15, 0.2) is 0 Å². The summed E-state index contributed by atoms with van der Waals surface area (Å²) in [6, 6.07) is 12.0. The number of thiophene rings is 1. The van der Waals surface area contributed by atoms with Gasteiger partial charge in [0.2, 0.25) is 0 Å². The summed E-state index contributed by atoms with van der Waals surface area (Å²) in [6.45, 7) is 0. The van der Waals surface area contributed by atoms with E-state index in [0.29, 0.717) is 0 Å². The van der Waals surface area contributed by atoms with Gasteiger partial charge in [-0.2, -0.15) is 5.10 Å². The van der Waals surface area contributed by atoms with E-state index in [-0.39, 0.29) is 4.83 Å². The standard InChI is InChI=1S/C14H10BrClN2S/c15-13(14-12(16)6-7-19-14)10-8-17-18(9-10)11-4-2-1-3-5-11/h1-9,13H. The molecule has 0 fully saturated rings. The maximum Gasteiger partial charge on any atom is 0.0783 e. The average Bonchev–Trinajstić information content (AvgIpc) is 3.08. The second kappa shape index (κ2) is 5.49. The Morgan fingerprint density at radius 2 is 2.00 bits per heavy atom. The van der Waals surface area contributed by atoms with E-state index in [0.717, 1.165) is 21.2 Å². The first-order chi connectivity index (χ1) is 9.25. The number of aromatic nitrogens is 2. The third kappa shape index (κ3) is 2.61. The lowest BCUT2D eigenvalue weighted by atomic mass is 10.2. The van der Waals surface area contributed by atoms with E-state index < -0.39 is 0 Å². The van der Waals surface area contributed by atoms with Crippen LogP contribution < -0.4 is 0 Å². The van der Waals surface area contributed by atoms with Crippen molar-refractivity contribution in [2.75, 3.05) is 0 Å². The molecule has 2 nitrogen and oxygen atoms in total. The smallest absolute Gasteiger partial charge is 0.0783 e. The summed E-state index contributed by atoms with van der Waals surface area (Å²) in [4.78, 5) is 1.19. The molecule has 0 saturated heterocycles. The number of para-hydroxylation sites is 1. The second-order valence-electron chi connectivity index (χ2n) is 4.05. The number of nitrogens with zero attached hydrogens (tertiary/aromatic N) is 2. The minimum atomic E-state index is 0.0810. The maximum absolute atomic E-state index is 6.16. The van der Waals surface area contributed by atoms with Crippen LogP contribution in [0.2, 0.25) is 5.02 Å². The Morgan fingerprint density at radius 1 is 1.21 bits per heavy atom. The molecule has 0 aliphatic rings. The van der Waals surface area contributed by atoms with E-state index >= 15 is 0 Å². The van der Waals surface area contributed by atoms with Gasteiger partial charge in [-0.05, 0) is 23.6 Å². The van der Waals surface area contributed by atoms with Gasteiger partial charge in [0, 0.05) is 16.6 Å². The van der Waals surface area contributed by atoms with Crippen LogP contribution in [-0.2, 0) is 0 Å². The molecule has 2 aromatic heterocycles. The highest BCUT2D eigenvalue weighted by Crippen LogP contribution is 2.38. The molecule has 0 radical (unpaired) electrons. The minimum absolute atomic E-state index is 0.0810. The van der Waals surface area contributed by atoms with Crippen LogP contribution in [0.3, 0.4) is 0 Å². The lowest BCUT2D eigenvalue weighted by Gasteiger charge is -2.05.